The van der Waals surface area contributed by atoms with E-state index in [2.05, 4.69) is 15.9 Å². The van der Waals surface area contributed by atoms with Gasteiger partial charge < -0.3 is 4.74 Å². The SMILES string of the molecule is Fc1cc(OCCCl)c(Br)cc1Cl. The summed E-state index contributed by atoms with van der Waals surface area (Å²) in [6.07, 6.45) is 0. The van der Waals surface area contributed by atoms with Gasteiger partial charge in [0, 0.05) is 6.07 Å². The molecule has 0 atom stereocenters. The maximum atomic E-state index is 12.9. The van der Waals surface area contributed by atoms with Crippen molar-refractivity contribution in [1.29, 1.82) is 0 Å². The van der Waals surface area contributed by atoms with E-state index in [1.807, 2.05) is 0 Å². The average Bonchev–Trinajstić information content (AvgIpc) is 2.09. The normalized spacial score (nSPS) is 10.2. The second-order valence-electron chi connectivity index (χ2n) is 2.23. The predicted molar refractivity (Wildman–Crippen MR) is 55.3 cm³/mol. The third-order valence-electron chi connectivity index (χ3n) is 1.31. The first-order valence-corrected chi connectivity index (χ1v) is 5.19. The van der Waals surface area contributed by atoms with Crippen LogP contribution in [0.3, 0.4) is 0 Å². The third-order valence-corrected chi connectivity index (χ3v) is 2.37. The Bertz CT molecular complexity index is 306. The van der Waals surface area contributed by atoms with Gasteiger partial charge in [-0.05, 0) is 22.0 Å². The van der Waals surface area contributed by atoms with Crippen LogP contribution in [-0.4, -0.2) is 12.5 Å². The number of rotatable bonds is 3. The summed E-state index contributed by atoms with van der Waals surface area (Å²) in [5, 5.41) is 0.0603. The van der Waals surface area contributed by atoms with E-state index in [4.69, 9.17) is 27.9 Å². The van der Waals surface area contributed by atoms with Crippen molar-refractivity contribution in [3.63, 3.8) is 0 Å². The lowest BCUT2D eigenvalue weighted by Crippen LogP contribution is -1.99. The second-order valence-corrected chi connectivity index (χ2v) is 3.87. The molecular formula is C8H6BrCl2FO. The Morgan fingerprint density at radius 2 is 2.15 bits per heavy atom. The number of benzene rings is 1. The Hall–Kier alpha value is 0.01000. The molecule has 0 N–H and O–H groups in total. The zero-order valence-corrected chi connectivity index (χ0v) is 9.59. The van der Waals surface area contributed by atoms with Gasteiger partial charge in [0.25, 0.3) is 0 Å². The molecule has 0 spiro atoms. The maximum absolute atomic E-state index is 12.9. The molecule has 0 unspecified atom stereocenters. The zero-order chi connectivity index (χ0) is 9.84. The van der Waals surface area contributed by atoms with Crippen LogP contribution in [0.1, 0.15) is 0 Å². The first-order chi connectivity index (χ1) is 6.15. The average molecular weight is 288 g/mol. The molecule has 1 rings (SSSR count). The van der Waals surface area contributed by atoms with Gasteiger partial charge >= 0.3 is 0 Å². The molecule has 0 aliphatic heterocycles. The number of ether oxygens (including phenoxy) is 1. The molecule has 0 aromatic heterocycles. The molecular weight excluding hydrogens is 282 g/mol. The van der Waals surface area contributed by atoms with Crippen molar-refractivity contribution in [2.75, 3.05) is 12.5 Å². The number of hydrogen-bond acceptors (Lipinski definition) is 1. The lowest BCUT2D eigenvalue weighted by Gasteiger charge is -2.06. The van der Waals surface area contributed by atoms with E-state index in [0.29, 0.717) is 22.7 Å². The fourth-order valence-electron chi connectivity index (χ4n) is 0.763. The van der Waals surface area contributed by atoms with Crippen molar-refractivity contribution < 1.29 is 9.13 Å². The molecule has 0 amide bonds. The number of hydrogen-bond donors (Lipinski definition) is 0. The fourth-order valence-corrected chi connectivity index (χ4v) is 1.59. The molecule has 72 valence electrons. The van der Waals surface area contributed by atoms with E-state index >= 15 is 0 Å². The van der Waals surface area contributed by atoms with Gasteiger partial charge in [0.1, 0.15) is 18.2 Å². The summed E-state index contributed by atoms with van der Waals surface area (Å²) < 4.78 is 18.7. The summed E-state index contributed by atoms with van der Waals surface area (Å²) in [6, 6.07) is 2.67. The van der Waals surface area contributed by atoms with Gasteiger partial charge in [0.05, 0.1) is 15.4 Å². The Labute approximate surface area is 93.9 Å². The van der Waals surface area contributed by atoms with E-state index in [1.54, 1.807) is 0 Å². The Morgan fingerprint density at radius 1 is 1.46 bits per heavy atom. The molecule has 1 aromatic rings. The number of halogens is 4. The van der Waals surface area contributed by atoms with E-state index in [0.717, 1.165) is 0 Å². The Morgan fingerprint density at radius 3 is 2.77 bits per heavy atom. The van der Waals surface area contributed by atoms with Crippen molar-refractivity contribution in [3.05, 3.63) is 27.4 Å². The molecule has 5 heteroatoms. The van der Waals surface area contributed by atoms with Gasteiger partial charge in [-0.2, -0.15) is 0 Å². The van der Waals surface area contributed by atoms with Crippen LogP contribution in [0.2, 0.25) is 5.02 Å². The summed E-state index contributed by atoms with van der Waals surface area (Å²) in [7, 11) is 0. The van der Waals surface area contributed by atoms with E-state index in [1.165, 1.54) is 12.1 Å². The van der Waals surface area contributed by atoms with Gasteiger partial charge in [0.15, 0.2) is 0 Å². The van der Waals surface area contributed by atoms with Crippen molar-refractivity contribution in [1.82, 2.24) is 0 Å². The molecule has 0 fully saturated rings. The molecule has 0 aliphatic rings. The van der Waals surface area contributed by atoms with Crippen LogP contribution in [0.4, 0.5) is 4.39 Å². The highest BCUT2D eigenvalue weighted by Gasteiger charge is 2.07. The summed E-state index contributed by atoms with van der Waals surface area (Å²) in [5.74, 6) is 0.258. The first kappa shape index (κ1) is 11.1. The summed E-state index contributed by atoms with van der Waals surface area (Å²) in [5.41, 5.74) is 0. The fraction of sp³-hybridized carbons (Fsp3) is 0.250. The lowest BCUT2D eigenvalue weighted by molar-refractivity contribution is 0.338. The van der Waals surface area contributed by atoms with Gasteiger partial charge in [-0.3, -0.25) is 0 Å². The molecule has 0 radical (unpaired) electrons. The van der Waals surface area contributed by atoms with E-state index in [-0.39, 0.29) is 5.02 Å². The van der Waals surface area contributed by atoms with Crippen molar-refractivity contribution in [2.24, 2.45) is 0 Å². The molecule has 0 aliphatic carbocycles. The minimum absolute atomic E-state index is 0.0603. The molecule has 0 heterocycles. The van der Waals surface area contributed by atoms with Crippen LogP contribution in [-0.2, 0) is 0 Å². The van der Waals surface area contributed by atoms with Crippen molar-refractivity contribution in [3.8, 4) is 5.75 Å². The number of alkyl halides is 1. The monoisotopic (exact) mass is 286 g/mol. The highest BCUT2D eigenvalue weighted by molar-refractivity contribution is 9.10. The first-order valence-electron chi connectivity index (χ1n) is 3.48. The van der Waals surface area contributed by atoms with Gasteiger partial charge in [-0.1, -0.05) is 11.6 Å². The topological polar surface area (TPSA) is 9.23 Å². The van der Waals surface area contributed by atoms with E-state index in [9.17, 15) is 4.39 Å². The highest BCUT2D eigenvalue weighted by atomic mass is 79.9. The molecule has 13 heavy (non-hydrogen) atoms. The third kappa shape index (κ3) is 3.01. The van der Waals surface area contributed by atoms with Crippen LogP contribution in [0.25, 0.3) is 0 Å². The van der Waals surface area contributed by atoms with Crippen molar-refractivity contribution in [2.45, 2.75) is 0 Å². The standard InChI is InChI=1S/C8H6BrCl2FO/c9-5-3-6(11)7(12)4-8(5)13-2-1-10/h3-4H,1-2H2. The quantitative estimate of drug-likeness (QED) is 0.606. The minimum Gasteiger partial charge on any atom is -0.491 e. The Kier molecular flexibility index (Phi) is 4.29. The smallest absolute Gasteiger partial charge is 0.145 e. The van der Waals surface area contributed by atoms with E-state index < -0.39 is 5.82 Å². The minimum atomic E-state index is -0.505. The summed E-state index contributed by atoms with van der Waals surface area (Å²) in [4.78, 5) is 0. The van der Waals surface area contributed by atoms with Crippen molar-refractivity contribution >= 4 is 39.1 Å². The molecule has 0 bridgehead atoms. The van der Waals surface area contributed by atoms with Crippen LogP contribution < -0.4 is 4.74 Å². The highest BCUT2D eigenvalue weighted by Crippen LogP contribution is 2.30. The van der Waals surface area contributed by atoms with Gasteiger partial charge in [-0.25, -0.2) is 4.39 Å². The largest absolute Gasteiger partial charge is 0.491 e. The van der Waals surface area contributed by atoms with Crippen LogP contribution in [0.5, 0.6) is 5.75 Å². The Balaban J connectivity index is 2.88. The molecule has 0 saturated heterocycles. The summed E-state index contributed by atoms with van der Waals surface area (Å²) >= 11 is 14.1. The second kappa shape index (κ2) is 5.03. The van der Waals surface area contributed by atoms with Crippen LogP contribution in [0.15, 0.2) is 16.6 Å². The zero-order valence-electron chi connectivity index (χ0n) is 6.49. The van der Waals surface area contributed by atoms with Crippen LogP contribution >= 0.6 is 39.1 Å². The maximum Gasteiger partial charge on any atom is 0.145 e. The molecule has 0 saturated carbocycles. The van der Waals surface area contributed by atoms with Gasteiger partial charge in [-0.15, -0.1) is 11.6 Å². The van der Waals surface area contributed by atoms with Gasteiger partial charge in [0.2, 0.25) is 0 Å². The summed E-state index contributed by atoms with van der Waals surface area (Å²) in [6.45, 7) is 0.335. The molecule has 1 aromatic carbocycles. The van der Waals surface area contributed by atoms with Crippen LogP contribution in [0, 0.1) is 5.82 Å². The lowest BCUT2D eigenvalue weighted by atomic mass is 10.3. The molecule has 1 nitrogen and oxygen atoms in total. The predicted octanol–water partition coefficient (Wildman–Crippen LogP) is 3.86.